The molecule has 23 N–H and O–H groups in total. The predicted molar refractivity (Wildman–Crippen MR) is 245 cm³/mol. The highest BCUT2D eigenvalue weighted by Crippen LogP contribution is 2.20. The SMILES string of the molecule is C[C@H](NC(=O)[C@@H](NC(=O)C(N)CCCCN)[C@@H](O)CN)C(=O)NCC(=O)N[C@H](CCCN)C(=O)N1CCC[C@H]1C(=O)N[C@@H](C)C(=O)N[C@@H](CCCCN)C(=O)N/C(=C\CCN=C(N)N)C(=O)O. The molecule has 1 heterocycles. The zero-order chi connectivity index (χ0) is 50.6. The van der Waals surface area contributed by atoms with Crippen molar-refractivity contribution in [1.29, 1.82) is 0 Å². The molecule has 8 atom stereocenters. The van der Waals surface area contributed by atoms with Crippen LogP contribution in [0.2, 0.25) is 0 Å². The summed E-state index contributed by atoms with van der Waals surface area (Å²) in [5.41, 5.74) is 38.3. The Balaban J connectivity index is 2.97. The molecule has 1 aliphatic heterocycles. The molecule has 0 aromatic carbocycles. The number of guanidine groups is 1. The fraction of sp³-hybridized carbons (Fsp3) is 0.700. The van der Waals surface area contributed by atoms with Gasteiger partial charge >= 0.3 is 5.97 Å². The Morgan fingerprint density at radius 3 is 1.94 bits per heavy atom. The fourth-order valence-electron chi connectivity index (χ4n) is 6.64. The van der Waals surface area contributed by atoms with Gasteiger partial charge in [-0.2, -0.15) is 0 Å². The molecule has 1 unspecified atom stereocenters. The van der Waals surface area contributed by atoms with Crippen molar-refractivity contribution in [2.24, 2.45) is 45.1 Å². The van der Waals surface area contributed by atoms with Crippen molar-refractivity contribution in [3.05, 3.63) is 11.8 Å². The van der Waals surface area contributed by atoms with Gasteiger partial charge in [0.1, 0.15) is 41.9 Å². The van der Waals surface area contributed by atoms with Crippen molar-refractivity contribution >= 4 is 59.2 Å². The third-order valence-electron chi connectivity index (χ3n) is 10.4. The molecular weight excluding hydrogens is 881 g/mol. The number of hydrogen-bond donors (Lipinski definition) is 16. The van der Waals surface area contributed by atoms with Crippen molar-refractivity contribution in [2.75, 3.05) is 45.8 Å². The second-order valence-electron chi connectivity index (χ2n) is 16.0. The maximum Gasteiger partial charge on any atom is 0.352 e. The molecule has 0 saturated carbocycles. The van der Waals surface area contributed by atoms with E-state index in [0.29, 0.717) is 51.6 Å². The lowest BCUT2D eigenvalue weighted by Gasteiger charge is -2.29. The molecule has 1 aliphatic rings. The number of amides is 8. The Bertz CT molecular complexity index is 1730. The molecule has 1 fully saturated rings. The van der Waals surface area contributed by atoms with E-state index in [9.17, 15) is 53.4 Å². The Labute approximate surface area is 389 Å². The standard InChI is InChI=1S/C40H74N16O11/c1-22(51-37(64)31(29(57)20-44)55-34(61)24(45)10-3-5-15-41)32(59)49-21-30(58)52-26(12-7-17-43)38(65)56-19-9-14-28(56)36(63)50-23(2)33(60)53-25(11-4-6-16-42)35(62)54-27(39(66)67)13-8-18-48-40(46)47/h13,22-26,28-29,31,57H,3-12,14-21,41-45H2,1-2H3,(H,49,59)(H,50,63)(H,51,64)(H,52,58)(H,53,60)(H,54,62)(H,55,61)(H,66,67)(H4,46,47,48)/b27-13-/t22-,23-,24?,25-,26+,28-,29-,31-/m0/s1. The maximum absolute atomic E-state index is 13.9. The molecule has 0 bridgehead atoms. The minimum atomic E-state index is -1.55. The lowest BCUT2D eigenvalue weighted by molar-refractivity contribution is -0.142. The fourth-order valence-corrected chi connectivity index (χ4v) is 6.64. The first-order valence-corrected chi connectivity index (χ1v) is 22.3. The Morgan fingerprint density at radius 2 is 1.34 bits per heavy atom. The Hall–Kier alpha value is -6.00. The first-order valence-electron chi connectivity index (χ1n) is 22.3. The predicted octanol–water partition coefficient (Wildman–Crippen LogP) is -7.05. The Morgan fingerprint density at radius 1 is 0.731 bits per heavy atom. The number of likely N-dealkylation sites (tertiary alicyclic amines) is 1. The zero-order valence-corrected chi connectivity index (χ0v) is 38.4. The van der Waals surface area contributed by atoms with E-state index >= 15 is 0 Å². The second kappa shape index (κ2) is 31.8. The normalized spacial score (nSPS) is 16.7. The summed E-state index contributed by atoms with van der Waals surface area (Å²) >= 11 is 0. The summed E-state index contributed by atoms with van der Waals surface area (Å²) < 4.78 is 0. The number of nitrogens with two attached hydrogens (primary N) is 7. The molecule has 380 valence electrons. The van der Waals surface area contributed by atoms with Crippen molar-refractivity contribution in [1.82, 2.24) is 42.1 Å². The van der Waals surface area contributed by atoms with Gasteiger partial charge in [-0.3, -0.25) is 43.3 Å². The summed E-state index contributed by atoms with van der Waals surface area (Å²) in [5.74, 6) is -7.83. The van der Waals surface area contributed by atoms with Crippen LogP contribution in [0.1, 0.15) is 84.5 Å². The summed E-state index contributed by atoms with van der Waals surface area (Å²) in [6.07, 6.45) is 3.19. The van der Waals surface area contributed by atoms with Crippen LogP contribution < -0.4 is 77.4 Å². The molecule has 8 amide bonds. The molecule has 27 heteroatoms. The van der Waals surface area contributed by atoms with Gasteiger partial charge in [0, 0.05) is 19.6 Å². The molecule has 0 aromatic heterocycles. The number of aliphatic carboxylic acids is 1. The van der Waals surface area contributed by atoms with Crippen LogP contribution in [0.4, 0.5) is 0 Å². The highest BCUT2D eigenvalue weighted by atomic mass is 16.4. The average molecular weight is 955 g/mol. The smallest absolute Gasteiger partial charge is 0.352 e. The number of nitrogens with one attached hydrogen (secondary N) is 7. The molecule has 0 aromatic rings. The zero-order valence-electron chi connectivity index (χ0n) is 38.4. The van der Waals surface area contributed by atoms with Gasteiger partial charge in [0.25, 0.3) is 0 Å². The first kappa shape index (κ1) is 59.0. The van der Waals surface area contributed by atoms with Crippen LogP contribution >= 0.6 is 0 Å². The lowest BCUT2D eigenvalue weighted by Crippen LogP contribution is -2.60. The minimum absolute atomic E-state index is 0.0586. The van der Waals surface area contributed by atoms with Crippen molar-refractivity contribution in [3.63, 3.8) is 0 Å². The maximum atomic E-state index is 13.9. The van der Waals surface area contributed by atoms with E-state index in [4.69, 9.17) is 40.1 Å². The van der Waals surface area contributed by atoms with Crippen molar-refractivity contribution in [3.8, 4) is 0 Å². The highest BCUT2D eigenvalue weighted by Gasteiger charge is 2.39. The third kappa shape index (κ3) is 21.9. The number of aliphatic hydroxyl groups excluding tert-OH is 1. The number of carbonyl (C=O) groups excluding carboxylic acids is 8. The van der Waals surface area contributed by atoms with Gasteiger partial charge in [-0.25, -0.2) is 4.79 Å². The number of carboxylic acids is 1. The summed E-state index contributed by atoms with van der Waals surface area (Å²) in [7, 11) is 0. The van der Waals surface area contributed by atoms with E-state index in [2.05, 4.69) is 42.2 Å². The largest absolute Gasteiger partial charge is 0.477 e. The topological polar surface area (TPSA) is 476 Å². The minimum Gasteiger partial charge on any atom is -0.477 e. The quantitative estimate of drug-likeness (QED) is 0.0129. The second-order valence-corrected chi connectivity index (χ2v) is 16.0. The van der Waals surface area contributed by atoms with E-state index in [0.717, 1.165) is 0 Å². The summed E-state index contributed by atoms with van der Waals surface area (Å²) in [6, 6.07) is -8.48. The van der Waals surface area contributed by atoms with E-state index in [1.807, 2.05) is 0 Å². The summed E-state index contributed by atoms with van der Waals surface area (Å²) in [6.45, 7) is 2.66. The van der Waals surface area contributed by atoms with Crippen LogP contribution in [0, 0.1) is 0 Å². The molecule has 0 radical (unpaired) electrons. The van der Waals surface area contributed by atoms with Crippen LogP contribution in [0.3, 0.4) is 0 Å². The number of carboxylic acid groups (broad SMARTS) is 1. The Kier molecular flexibility index (Phi) is 28.0. The van der Waals surface area contributed by atoms with Crippen molar-refractivity contribution in [2.45, 2.75) is 133 Å². The number of nitrogens with zero attached hydrogens (tertiary/aromatic N) is 2. The van der Waals surface area contributed by atoms with Crippen LogP contribution in [0.5, 0.6) is 0 Å². The van der Waals surface area contributed by atoms with Gasteiger partial charge in [-0.1, -0.05) is 12.5 Å². The molecule has 1 rings (SSSR count). The number of hydrogen-bond acceptors (Lipinski definition) is 16. The van der Waals surface area contributed by atoms with Gasteiger partial charge in [-0.15, -0.1) is 0 Å². The van der Waals surface area contributed by atoms with E-state index in [1.54, 1.807) is 0 Å². The first-order chi connectivity index (χ1) is 31.7. The van der Waals surface area contributed by atoms with Crippen molar-refractivity contribution < 1.29 is 53.4 Å². The molecule has 1 saturated heterocycles. The van der Waals surface area contributed by atoms with Gasteiger partial charge in [0.2, 0.25) is 47.3 Å². The van der Waals surface area contributed by atoms with E-state index in [1.165, 1.54) is 24.8 Å². The average Bonchev–Trinajstić information content (AvgIpc) is 3.79. The summed E-state index contributed by atoms with van der Waals surface area (Å²) in [4.78, 5) is 123. The highest BCUT2D eigenvalue weighted by molar-refractivity contribution is 5.98. The third-order valence-corrected chi connectivity index (χ3v) is 10.4. The van der Waals surface area contributed by atoms with E-state index in [-0.39, 0.29) is 57.7 Å². The summed E-state index contributed by atoms with van der Waals surface area (Å²) in [5, 5.41) is 37.0. The van der Waals surface area contributed by atoms with E-state index < -0.39 is 120 Å². The van der Waals surface area contributed by atoms with Gasteiger partial charge in [0.05, 0.1) is 18.7 Å². The monoisotopic (exact) mass is 955 g/mol. The molecule has 27 nitrogen and oxygen atoms in total. The number of aliphatic imine (C=N–C) groups is 1. The van der Waals surface area contributed by atoms with Crippen LogP contribution in [-0.4, -0.2) is 169 Å². The lowest BCUT2D eigenvalue weighted by atomic mass is 10.1. The van der Waals surface area contributed by atoms with Crippen LogP contribution in [-0.2, 0) is 43.2 Å². The molecule has 67 heavy (non-hydrogen) atoms. The molecular formula is C40H74N16O11. The van der Waals surface area contributed by atoms with Crippen LogP contribution in [0.25, 0.3) is 0 Å². The van der Waals surface area contributed by atoms with Gasteiger partial charge < -0.3 is 92.5 Å². The van der Waals surface area contributed by atoms with Crippen LogP contribution in [0.15, 0.2) is 16.8 Å². The molecule has 0 aliphatic carbocycles. The van der Waals surface area contributed by atoms with Gasteiger partial charge in [0.15, 0.2) is 5.96 Å². The number of rotatable bonds is 32. The molecule has 0 spiro atoms. The van der Waals surface area contributed by atoms with Gasteiger partial charge in [-0.05, 0) is 97.7 Å². The number of unbranched alkanes of at least 4 members (excludes halogenated alkanes) is 2. The number of carbonyl (C=O) groups is 9. The number of aliphatic hydroxyl groups is 1.